The molecule has 0 aliphatic rings. The highest BCUT2D eigenvalue weighted by molar-refractivity contribution is 5.95. The molecule has 0 aliphatic carbocycles. The summed E-state index contributed by atoms with van der Waals surface area (Å²) in [6.07, 6.45) is 4.94. The van der Waals surface area contributed by atoms with Gasteiger partial charge in [0.2, 0.25) is 0 Å². The lowest BCUT2D eigenvalue weighted by Gasteiger charge is -2.10. The lowest BCUT2D eigenvalue weighted by molar-refractivity contribution is 0.0947. The van der Waals surface area contributed by atoms with E-state index in [1.165, 1.54) is 32.8 Å². The molecular weight excluding hydrogens is 324 g/mol. The molecule has 2 N–H and O–H groups in total. The van der Waals surface area contributed by atoms with Crippen molar-refractivity contribution >= 4 is 11.8 Å². The molecule has 0 radical (unpaired) electrons. The van der Waals surface area contributed by atoms with E-state index in [1.807, 2.05) is 0 Å². The standard InChI is InChI=1S/C17H20N4O4/c1-24-14-5-4-12(10-15(14)25-2)16(22)20-6-3-7-21-17(23)13-11-18-8-9-19-13/h4-5,8-11H,3,6-7H2,1-2H3,(H,20,22)(H,21,23). The first-order valence-corrected chi connectivity index (χ1v) is 7.70. The zero-order valence-electron chi connectivity index (χ0n) is 14.1. The minimum Gasteiger partial charge on any atom is -0.493 e. The largest absolute Gasteiger partial charge is 0.493 e. The van der Waals surface area contributed by atoms with Crippen LogP contribution >= 0.6 is 0 Å². The fourth-order valence-electron chi connectivity index (χ4n) is 2.08. The van der Waals surface area contributed by atoms with Gasteiger partial charge < -0.3 is 20.1 Å². The predicted molar refractivity (Wildman–Crippen MR) is 90.9 cm³/mol. The van der Waals surface area contributed by atoms with Gasteiger partial charge >= 0.3 is 0 Å². The summed E-state index contributed by atoms with van der Waals surface area (Å²) in [4.78, 5) is 31.6. The summed E-state index contributed by atoms with van der Waals surface area (Å²) in [5.74, 6) is 0.540. The van der Waals surface area contributed by atoms with Crippen molar-refractivity contribution in [3.8, 4) is 11.5 Å². The van der Waals surface area contributed by atoms with Crippen LogP contribution in [0.15, 0.2) is 36.8 Å². The second-order valence-corrected chi connectivity index (χ2v) is 5.03. The van der Waals surface area contributed by atoms with Gasteiger partial charge in [-0.1, -0.05) is 0 Å². The Morgan fingerprint density at radius 2 is 1.72 bits per heavy atom. The molecule has 2 aromatic rings. The summed E-state index contributed by atoms with van der Waals surface area (Å²) in [7, 11) is 3.05. The number of hydrogen-bond donors (Lipinski definition) is 2. The molecule has 0 atom stereocenters. The van der Waals surface area contributed by atoms with Crippen molar-refractivity contribution in [2.75, 3.05) is 27.3 Å². The molecule has 0 saturated heterocycles. The van der Waals surface area contributed by atoms with Crippen LogP contribution in [0.1, 0.15) is 27.3 Å². The van der Waals surface area contributed by atoms with Crippen molar-refractivity contribution in [1.29, 1.82) is 0 Å². The third-order valence-corrected chi connectivity index (χ3v) is 3.37. The third-order valence-electron chi connectivity index (χ3n) is 3.37. The van der Waals surface area contributed by atoms with E-state index in [2.05, 4.69) is 20.6 Å². The number of rotatable bonds is 8. The van der Waals surface area contributed by atoms with E-state index in [1.54, 1.807) is 18.2 Å². The van der Waals surface area contributed by atoms with Crippen LogP contribution in [0.25, 0.3) is 0 Å². The molecule has 0 fully saturated rings. The molecule has 1 aromatic heterocycles. The minimum absolute atomic E-state index is 0.221. The number of carbonyl (C=O) groups excluding carboxylic acids is 2. The quantitative estimate of drug-likeness (QED) is 0.694. The summed E-state index contributed by atoms with van der Waals surface area (Å²) < 4.78 is 10.3. The van der Waals surface area contributed by atoms with E-state index in [4.69, 9.17) is 9.47 Å². The van der Waals surface area contributed by atoms with E-state index in [-0.39, 0.29) is 17.5 Å². The molecule has 0 saturated carbocycles. The number of benzene rings is 1. The normalized spacial score (nSPS) is 10.0. The Kier molecular flexibility index (Phi) is 6.70. The molecule has 0 aliphatic heterocycles. The zero-order chi connectivity index (χ0) is 18.1. The van der Waals surface area contributed by atoms with Gasteiger partial charge in [0.25, 0.3) is 11.8 Å². The van der Waals surface area contributed by atoms with Gasteiger partial charge in [-0.15, -0.1) is 0 Å². The molecule has 1 aromatic carbocycles. The monoisotopic (exact) mass is 344 g/mol. The zero-order valence-corrected chi connectivity index (χ0v) is 14.1. The average Bonchev–Trinajstić information content (AvgIpc) is 2.67. The first-order valence-electron chi connectivity index (χ1n) is 7.70. The Balaban J connectivity index is 1.74. The second kappa shape index (κ2) is 9.21. The van der Waals surface area contributed by atoms with E-state index in [0.717, 1.165) is 0 Å². The summed E-state index contributed by atoms with van der Waals surface area (Å²) in [5.41, 5.74) is 0.734. The summed E-state index contributed by atoms with van der Waals surface area (Å²) in [5, 5.41) is 5.50. The highest BCUT2D eigenvalue weighted by Crippen LogP contribution is 2.27. The Hall–Kier alpha value is -3.16. The third kappa shape index (κ3) is 5.17. The Morgan fingerprint density at radius 1 is 1.00 bits per heavy atom. The average molecular weight is 344 g/mol. The van der Waals surface area contributed by atoms with Crippen LogP contribution < -0.4 is 20.1 Å². The number of amides is 2. The molecule has 2 amide bonds. The molecule has 2 rings (SSSR count). The van der Waals surface area contributed by atoms with Crippen LogP contribution in [0, 0.1) is 0 Å². The molecule has 132 valence electrons. The molecule has 0 spiro atoms. The number of nitrogens with zero attached hydrogens (tertiary/aromatic N) is 2. The number of nitrogens with one attached hydrogen (secondary N) is 2. The maximum Gasteiger partial charge on any atom is 0.271 e. The lowest BCUT2D eigenvalue weighted by Crippen LogP contribution is -2.30. The lowest BCUT2D eigenvalue weighted by atomic mass is 10.2. The molecule has 25 heavy (non-hydrogen) atoms. The van der Waals surface area contributed by atoms with Gasteiger partial charge in [0.15, 0.2) is 11.5 Å². The van der Waals surface area contributed by atoms with E-state index in [9.17, 15) is 9.59 Å². The second-order valence-electron chi connectivity index (χ2n) is 5.03. The van der Waals surface area contributed by atoms with Crippen LogP contribution in [0.5, 0.6) is 11.5 Å². The summed E-state index contributed by atoms with van der Waals surface area (Å²) in [6.45, 7) is 0.843. The number of methoxy groups -OCH3 is 2. The molecule has 8 heteroatoms. The van der Waals surface area contributed by atoms with Gasteiger partial charge in [-0.25, -0.2) is 4.98 Å². The molecule has 0 bridgehead atoms. The number of carbonyl (C=O) groups is 2. The van der Waals surface area contributed by atoms with Crippen molar-refractivity contribution in [3.05, 3.63) is 48.0 Å². The fourth-order valence-corrected chi connectivity index (χ4v) is 2.08. The molecule has 1 heterocycles. The van der Waals surface area contributed by atoms with Crippen LogP contribution in [-0.2, 0) is 0 Å². The first-order chi connectivity index (χ1) is 12.2. The Bertz CT molecular complexity index is 722. The summed E-state index contributed by atoms with van der Waals surface area (Å²) in [6, 6.07) is 4.95. The maximum absolute atomic E-state index is 12.1. The van der Waals surface area contributed by atoms with Crippen molar-refractivity contribution in [2.45, 2.75) is 6.42 Å². The van der Waals surface area contributed by atoms with Crippen LogP contribution in [0.2, 0.25) is 0 Å². The maximum atomic E-state index is 12.1. The van der Waals surface area contributed by atoms with Gasteiger partial charge in [-0.05, 0) is 24.6 Å². The Labute approximate surface area is 145 Å². The van der Waals surface area contributed by atoms with Crippen molar-refractivity contribution < 1.29 is 19.1 Å². The smallest absolute Gasteiger partial charge is 0.271 e. The topological polar surface area (TPSA) is 102 Å². The SMILES string of the molecule is COc1ccc(C(=O)NCCCNC(=O)c2cnccn2)cc1OC. The number of hydrogen-bond acceptors (Lipinski definition) is 6. The van der Waals surface area contributed by atoms with E-state index < -0.39 is 0 Å². The summed E-state index contributed by atoms with van der Waals surface area (Å²) >= 11 is 0. The first kappa shape index (κ1) is 18.2. The minimum atomic E-state index is -0.292. The van der Waals surface area contributed by atoms with Crippen molar-refractivity contribution in [1.82, 2.24) is 20.6 Å². The predicted octanol–water partition coefficient (Wildman–Crippen LogP) is 1.04. The molecular formula is C17H20N4O4. The van der Waals surface area contributed by atoms with Crippen LogP contribution in [0.4, 0.5) is 0 Å². The fraction of sp³-hybridized carbons (Fsp3) is 0.294. The van der Waals surface area contributed by atoms with Crippen LogP contribution in [0.3, 0.4) is 0 Å². The molecule has 0 unspecified atom stereocenters. The number of ether oxygens (including phenoxy) is 2. The van der Waals surface area contributed by atoms with Crippen molar-refractivity contribution in [3.63, 3.8) is 0 Å². The number of aromatic nitrogens is 2. The van der Waals surface area contributed by atoms with Gasteiger partial charge in [0, 0.05) is 31.0 Å². The van der Waals surface area contributed by atoms with Gasteiger partial charge in [0.05, 0.1) is 20.4 Å². The van der Waals surface area contributed by atoms with E-state index >= 15 is 0 Å². The van der Waals surface area contributed by atoms with Gasteiger partial charge in [0.1, 0.15) is 5.69 Å². The van der Waals surface area contributed by atoms with Crippen LogP contribution in [-0.4, -0.2) is 49.1 Å². The van der Waals surface area contributed by atoms with E-state index in [0.29, 0.717) is 36.6 Å². The van der Waals surface area contributed by atoms with Gasteiger partial charge in [-0.2, -0.15) is 0 Å². The molecule has 8 nitrogen and oxygen atoms in total. The van der Waals surface area contributed by atoms with Gasteiger partial charge in [-0.3, -0.25) is 14.6 Å². The highest BCUT2D eigenvalue weighted by atomic mass is 16.5. The highest BCUT2D eigenvalue weighted by Gasteiger charge is 2.10. The Morgan fingerprint density at radius 3 is 2.36 bits per heavy atom. The van der Waals surface area contributed by atoms with Crippen molar-refractivity contribution in [2.24, 2.45) is 0 Å².